The first-order valence-electron chi connectivity index (χ1n) is 14.5. The number of amides is 1. The van der Waals surface area contributed by atoms with E-state index in [9.17, 15) is 14.4 Å². The summed E-state index contributed by atoms with van der Waals surface area (Å²) in [7, 11) is 0. The lowest BCUT2D eigenvalue weighted by Gasteiger charge is -2.25. The van der Waals surface area contributed by atoms with Crippen molar-refractivity contribution in [3.63, 3.8) is 0 Å². The smallest absolute Gasteiger partial charge is 0.338 e. The van der Waals surface area contributed by atoms with Gasteiger partial charge in [0, 0.05) is 11.3 Å². The highest BCUT2D eigenvalue weighted by Crippen LogP contribution is 2.31. The molecule has 2 heterocycles. The predicted molar refractivity (Wildman–Crippen MR) is 173 cm³/mol. The molecular weight excluding hydrogens is 574 g/mol. The minimum absolute atomic E-state index is 0.200. The van der Waals surface area contributed by atoms with Gasteiger partial charge in [0.25, 0.3) is 11.5 Å². The Morgan fingerprint density at radius 2 is 1.73 bits per heavy atom. The molecule has 0 fully saturated rings. The van der Waals surface area contributed by atoms with Gasteiger partial charge in [0.2, 0.25) is 0 Å². The number of hydrogen-bond donors (Lipinski definition) is 1. The zero-order valence-electron chi connectivity index (χ0n) is 25.4. The zero-order valence-corrected chi connectivity index (χ0v) is 26.2. The van der Waals surface area contributed by atoms with Gasteiger partial charge < -0.3 is 14.8 Å². The van der Waals surface area contributed by atoms with E-state index in [1.165, 1.54) is 11.3 Å². The molecular formula is C35H35N3O5S. The number of aromatic nitrogens is 1. The summed E-state index contributed by atoms with van der Waals surface area (Å²) in [5, 5.41) is 2.83. The van der Waals surface area contributed by atoms with Gasteiger partial charge in [-0.2, -0.15) is 0 Å². The maximum Gasteiger partial charge on any atom is 0.338 e. The van der Waals surface area contributed by atoms with E-state index in [1.54, 1.807) is 30.6 Å². The van der Waals surface area contributed by atoms with E-state index >= 15 is 0 Å². The first-order valence-corrected chi connectivity index (χ1v) is 15.4. The fraction of sp³-hybridized carbons (Fsp3) is 0.257. The van der Waals surface area contributed by atoms with E-state index in [4.69, 9.17) is 9.47 Å². The number of rotatable bonds is 9. The van der Waals surface area contributed by atoms with Gasteiger partial charge in [-0.3, -0.25) is 14.2 Å². The van der Waals surface area contributed by atoms with E-state index in [2.05, 4.69) is 24.2 Å². The maximum atomic E-state index is 14.0. The Morgan fingerprint density at radius 3 is 2.41 bits per heavy atom. The van der Waals surface area contributed by atoms with Crippen LogP contribution in [0.4, 0.5) is 5.69 Å². The number of thiazole rings is 1. The van der Waals surface area contributed by atoms with Crippen LogP contribution < -0.4 is 24.9 Å². The number of anilines is 1. The lowest BCUT2D eigenvalue weighted by atomic mass is 9.93. The molecule has 4 aromatic rings. The Hall–Kier alpha value is -4.76. The van der Waals surface area contributed by atoms with Crippen molar-refractivity contribution >= 4 is 35.0 Å². The van der Waals surface area contributed by atoms with Crippen molar-refractivity contribution in [1.29, 1.82) is 0 Å². The summed E-state index contributed by atoms with van der Waals surface area (Å²) in [6, 6.07) is 22.0. The molecule has 0 saturated carbocycles. The van der Waals surface area contributed by atoms with Crippen LogP contribution in [0.15, 0.2) is 93.9 Å². The van der Waals surface area contributed by atoms with Gasteiger partial charge in [0.1, 0.15) is 5.75 Å². The molecule has 1 aromatic heterocycles. The SMILES string of the molecule is CCOC(=O)C1=C(C)N=c2sc(=Cc3ccccc3OCC(=O)Nc3ccc(C)cc3)c(=O)n2C1c1ccc(C(C)C)cc1. The van der Waals surface area contributed by atoms with Crippen LogP contribution in [0.25, 0.3) is 6.08 Å². The standard InChI is InChI=1S/C35H35N3O5S/c1-6-42-34(41)31-23(5)36-35-38(32(31)25-15-13-24(14-16-25)21(2)3)33(40)29(44-35)19-26-9-7-8-10-28(26)43-20-30(39)37-27-17-11-22(4)12-18-27/h7-19,21,32H,6,20H2,1-5H3,(H,37,39). The highest BCUT2D eigenvalue weighted by molar-refractivity contribution is 7.07. The molecule has 44 heavy (non-hydrogen) atoms. The second-order valence-corrected chi connectivity index (χ2v) is 11.9. The molecule has 1 aliphatic rings. The molecule has 226 valence electrons. The fourth-order valence-corrected chi connectivity index (χ4v) is 6.06. The maximum absolute atomic E-state index is 14.0. The number of fused-ring (bicyclic) bond motifs is 1. The molecule has 0 saturated heterocycles. The van der Waals surface area contributed by atoms with Gasteiger partial charge in [-0.1, -0.05) is 85.3 Å². The third-order valence-electron chi connectivity index (χ3n) is 7.34. The Kier molecular flexibility index (Phi) is 9.25. The van der Waals surface area contributed by atoms with Crippen LogP contribution >= 0.6 is 11.3 Å². The molecule has 0 bridgehead atoms. The van der Waals surface area contributed by atoms with E-state index < -0.39 is 12.0 Å². The number of hydrogen-bond acceptors (Lipinski definition) is 7. The number of esters is 1. The monoisotopic (exact) mass is 609 g/mol. The van der Waals surface area contributed by atoms with Crippen molar-refractivity contribution in [2.45, 2.75) is 46.6 Å². The summed E-state index contributed by atoms with van der Waals surface area (Å²) < 4.78 is 13.3. The third-order valence-corrected chi connectivity index (χ3v) is 8.32. The number of nitrogens with zero attached hydrogens (tertiary/aromatic N) is 2. The molecule has 1 unspecified atom stereocenters. The normalized spacial score (nSPS) is 14.7. The van der Waals surface area contributed by atoms with Gasteiger partial charge in [0.15, 0.2) is 11.4 Å². The summed E-state index contributed by atoms with van der Waals surface area (Å²) in [6.45, 7) is 9.74. The van der Waals surface area contributed by atoms with Crippen LogP contribution in [0.3, 0.4) is 0 Å². The number of para-hydroxylation sites is 1. The van der Waals surface area contributed by atoms with E-state index in [1.807, 2.05) is 73.7 Å². The second kappa shape index (κ2) is 13.3. The molecule has 5 rings (SSSR count). The van der Waals surface area contributed by atoms with Crippen LogP contribution in [0.1, 0.15) is 61.9 Å². The lowest BCUT2D eigenvalue weighted by Crippen LogP contribution is -2.40. The van der Waals surface area contributed by atoms with Crippen LogP contribution in [0.5, 0.6) is 5.75 Å². The van der Waals surface area contributed by atoms with Gasteiger partial charge in [-0.15, -0.1) is 0 Å². The molecule has 1 amide bonds. The average Bonchev–Trinajstić information content (AvgIpc) is 3.31. The first kappa shape index (κ1) is 30.7. The minimum Gasteiger partial charge on any atom is -0.483 e. The summed E-state index contributed by atoms with van der Waals surface area (Å²) in [6.07, 6.45) is 1.74. The number of carbonyl (C=O) groups is 2. The predicted octanol–water partition coefficient (Wildman–Crippen LogP) is 5.25. The molecule has 3 aromatic carbocycles. The molecule has 1 atom stereocenters. The van der Waals surface area contributed by atoms with Crippen molar-refractivity contribution in [2.24, 2.45) is 4.99 Å². The number of benzene rings is 3. The molecule has 0 spiro atoms. The summed E-state index contributed by atoms with van der Waals surface area (Å²) >= 11 is 1.24. The summed E-state index contributed by atoms with van der Waals surface area (Å²) in [4.78, 5) is 44.9. The summed E-state index contributed by atoms with van der Waals surface area (Å²) in [5.74, 6) is 0.00234. The van der Waals surface area contributed by atoms with Gasteiger partial charge in [0.05, 0.1) is 28.5 Å². The number of carbonyl (C=O) groups excluding carboxylic acids is 2. The largest absolute Gasteiger partial charge is 0.483 e. The molecule has 0 radical (unpaired) electrons. The molecule has 1 N–H and O–H groups in total. The van der Waals surface area contributed by atoms with Crippen molar-refractivity contribution in [3.05, 3.63) is 126 Å². The van der Waals surface area contributed by atoms with Gasteiger partial charge in [-0.25, -0.2) is 9.79 Å². The fourth-order valence-electron chi connectivity index (χ4n) is 5.02. The molecule has 1 aliphatic heterocycles. The molecule has 9 heteroatoms. The van der Waals surface area contributed by atoms with Crippen molar-refractivity contribution in [1.82, 2.24) is 4.57 Å². The van der Waals surface area contributed by atoms with Crippen molar-refractivity contribution < 1.29 is 19.1 Å². The zero-order chi connectivity index (χ0) is 31.4. The van der Waals surface area contributed by atoms with Gasteiger partial charge in [-0.05, 0) is 62.1 Å². The number of allylic oxidation sites excluding steroid dienone is 1. The minimum atomic E-state index is -0.689. The first-order chi connectivity index (χ1) is 21.2. The Bertz CT molecular complexity index is 1900. The molecule has 0 aliphatic carbocycles. The van der Waals surface area contributed by atoms with Gasteiger partial charge >= 0.3 is 5.97 Å². The third kappa shape index (κ3) is 6.58. The highest BCUT2D eigenvalue weighted by Gasteiger charge is 2.33. The van der Waals surface area contributed by atoms with Crippen LogP contribution in [-0.4, -0.2) is 29.7 Å². The number of aryl methyl sites for hydroxylation is 1. The number of ether oxygens (including phenoxy) is 2. The average molecular weight is 610 g/mol. The Morgan fingerprint density at radius 1 is 1.02 bits per heavy atom. The van der Waals surface area contributed by atoms with E-state index in [-0.39, 0.29) is 24.7 Å². The Labute approximate surface area is 260 Å². The number of nitrogens with one attached hydrogen (secondary N) is 1. The van der Waals surface area contributed by atoms with Crippen molar-refractivity contribution in [3.8, 4) is 5.75 Å². The van der Waals surface area contributed by atoms with Crippen LogP contribution in [-0.2, 0) is 14.3 Å². The van der Waals surface area contributed by atoms with E-state index in [0.29, 0.717) is 43.5 Å². The quantitative estimate of drug-likeness (QED) is 0.262. The Balaban J connectivity index is 1.50. The highest BCUT2D eigenvalue weighted by atomic mass is 32.1. The van der Waals surface area contributed by atoms with Crippen molar-refractivity contribution in [2.75, 3.05) is 18.5 Å². The van der Waals surface area contributed by atoms with Crippen LogP contribution in [0.2, 0.25) is 0 Å². The lowest BCUT2D eigenvalue weighted by molar-refractivity contribution is -0.139. The van der Waals surface area contributed by atoms with Crippen LogP contribution in [0, 0.1) is 6.92 Å². The summed E-state index contributed by atoms with van der Waals surface area (Å²) in [5.41, 5.74) is 4.94. The second-order valence-electron chi connectivity index (χ2n) is 10.9. The molecule has 8 nitrogen and oxygen atoms in total. The van der Waals surface area contributed by atoms with E-state index in [0.717, 1.165) is 16.7 Å². The topological polar surface area (TPSA) is 99.0 Å².